The van der Waals surface area contributed by atoms with Gasteiger partial charge in [-0.05, 0) is 13.0 Å². The molecule has 1 amide bonds. The first-order valence-electron chi connectivity index (χ1n) is 7.25. The molecule has 0 spiro atoms. The molecule has 0 bridgehead atoms. The summed E-state index contributed by atoms with van der Waals surface area (Å²) >= 11 is 0. The quantitative estimate of drug-likeness (QED) is 0.657. The van der Waals surface area contributed by atoms with Crippen molar-refractivity contribution in [3.8, 4) is 0 Å². The molecule has 0 fully saturated rings. The van der Waals surface area contributed by atoms with Gasteiger partial charge in [0.15, 0.2) is 0 Å². The van der Waals surface area contributed by atoms with Gasteiger partial charge in [-0.25, -0.2) is 4.79 Å². The van der Waals surface area contributed by atoms with Crippen molar-refractivity contribution in [3.63, 3.8) is 0 Å². The molecule has 0 aliphatic carbocycles. The Balaban J connectivity index is 2.37. The fourth-order valence-corrected chi connectivity index (χ4v) is 2.46. The molecule has 1 aromatic rings. The van der Waals surface area contributed by atoms with Crippen LogP contribution in [0.2, 0.25) is 0 Å². The number of amides is 1. The van der Waals surface area contributed by atoms with Gasteiger partial charge in [0.25, 0.3) is 5.91 Å². The van der Waals surface area contributed by atoms with E-state index < -0.39 is 12.1 Å². The van der Waals surface area contributed by atoms with Crippen LogP contribution in [0, 0.1) is 0 Å². The molecule has 1 aliphatic rings. The minimum absolute atomic E-state index is 0.0746. The molecule has 0 saturated carbocycles. The van der Waals surface area contributed by atoms with Gasteiger partial charge >= 0.3 is 5.97 Å². The predicted octanol–water partition coefficient (Wildman–Crippen LogP) is 0.413. The van der Waals surface area contributed by atoms with Crippen LogP contribution < -0.4 is 5.32 Å². The van der Waals surface area contributed by atoms with E-state index >= 15 is 0 Å². The average molecular weight is 320 g/mol. The number of benzene rings is 1. The monoisotopic (exact) mass is 320 g/mol. The zero-order valence-electron chi connectivity index (χ0n) is 13.1. The number of para-hydroxylation sites is 1. The van der Waals surface area contributed by atoms with Crippen molar-refractivity contribution >= 4 is 17.6 Å². The molecule has 124 valence electrons. The molecular formula is C16H20N2O5. The van der Waals surface area contributed by atoms with Crippen molar-refractivity contribution in [2.45, 2.75) is 13.0 Å². The largest absolute Gasteiger partial charge is 0.466 e. The van der Waals surface area contributed by atoms with Gasteiger partial charge < -0.3 is 25.2 Å². The Morgan fingerprint density at radius 3 is 2.74 bits per heavy atom. The number of nitrogens with one attached hydrogen (secondary N) is 1. The number of ether oxygens (including phenoxy) is 1. The van der Waals surface area contributed by atoms with Crippen LogP contribution in [-0.4, -0.2) is 53.8 Å². The summed E-state index contributed by atoms with van der Waals surface area (Å²) < 4.78 is 4.73. The third-order valence-electron chi connectivity index (χ3n) is 3.62. The number of hydrogen-bond acceptors (Lipinski definition) is 6. The van der Waals surface area contributed by atoms with Crippen molar-refractivity contribution in [1.29, 1.82) is 0 Å². The van der Waals surface area contributed by atoms with Crippen molar-refractivity contribution in [3.05, 3.63) is 41.1 Å². The number of hydrogen-bond donors (Lipinski definition) is 3. The Morgan fingerprint density at radius 1 is 1.43 bits per heavy atom. The van der Waals surface area contributed by atoms with Gasteiger partial charge in [-0.2, -0.15) is 0 Å². The highest BCUT2D eigenvalue weighted by Crippen LogP contribution is 2.27. The number of β-amino-alcohol motifs (C(OH)–C–C–N with tert-alkyl or cyclic N) is 1. The summed E-state index contributed by atoms with van der Waals surface area (Å²) in [6.07, 6.45) is -0.731. The predicted molar refractivity (Wildman–Crippen MR) is 83.4 cm³/mol. The van der Waals surface area contributed by atoms with Gasteiger partial charge in [-0.3, -0.25) is 4.79 Å². The lowest BCUT2D eigenvalue weighted by molar-refractivity contribution is -0.136. The molecule has 1 unspecified atom stereocenters. The number of anilines is 1. The standard InChI is InChI=1S/C16H20N2O5/c1-10(20)11-5-3-4-6-13(11)17-14-12(16(22)23-2)9-18(7-8-19)15(14)21/h3-6,10,17,19-20H,7-9H2,1-2H3. The van der Waals surface area contributed by atoms with E-state index in [9.17, 15) is 14.7 Å². The summed E-state index contributed by atoms with van der Waals surface area (Å²) in [5.41, 5.74) is 1.46. The fraction of sp³-hybridized carbons (Fsp3) is 0.375. The molecule has 7 nitrogen and oxygen atoms in total. The summed E-state index contributed by atoms with van der Waals surface area (Å²) in [6.45, 7) is 1.62. The van der Waals surface area contributed by atoms with Crippen LogP contribution in [0.3, 0.4) is 0 Å². The first-order valence-corrected chi connectivity index (χ1v) is 7.25. The van der Waals surface area contributed by atoms with Gasteiger partial charge in [-0.15, -0.1) is 0 Å². The second-order valence-electron chi connectivity index (χ2n) is 5.18. The maximum Gasteiger partial charge on any atom is 0.337 e. The van der Waals surface area contributed by atoms with Crippen LogP contribution in [0.25, 0.3) is 0 Å². The van der Waals surface area contributed by atoms with Crippen molar-refractivity contribution in [2.75, 3.05) is 32.1 Å². The molecular weight excluding hydrogens is 300 g/mol. The van der Waals surface area contributed by atoms with E-state index in [-0.39, 0.29) is 36.9 Å². The second-order valence-corrected chi connectivity index (χ2v) is 5.18. The average Bonchev–Trinajstić information content (AvgIpc) is 2.84. The van der Waals surface area contributed by atoms with Gasteiger partial charge in [0.2, 0.25) is 0 Å². The number of aliphatic hydroxyl groups excluding tert-OH is 2. The van der Waals surface area contributed by atoms with Crippen LogP contribution in [0.15, 0.2) is 35.5 Å². The number of nitrogens with zero attached hydrogens (tertiary/aromatic N) is 1. The number of carbonyl (C=O) groups excluding carboxylic acids is 2. The zero-order chi connectivity index (χ0) is 17.0. The maximum absolute atomic E-state index is 12.4. The highest BCUT2D eigenvalue weighted by Gasteiger charge is 2.34. The third-order valence-corrected chi connectivity index (χ3v) is 3.62. The van der Waals surface area contributed by atoms with Crippen molar-refractivity contribution in [1.82, 2.24) is 4.90 Å². The van der Waals surface area contributed by atoms with Crippen LogP contribution >= 0.6 is 0 Å². The molecule has 7 heteroatoms. The Kier molecular flexibility index (Phi) is 5.36. The Bertz CT molecular complexity index is 639. The van der Waals surface area contributed by atoms with Crippen molar-refractivity contribution < 1.29 is 24.5 Å². The van der Waals surface area contributed by atoms with Crippen LogP contribution in [0.4, 0.5) is 5.69 Å². The molecule has 0 aromatic heterocycles. The van der Waals surface area contributed by atoms with E-state index in [4.69, 9.17) is 9.84 Å². The van der Waals surface area contributed by atoms with Gasteiger partial charge in [0.1, 0.15) is 5.70 Å². The summed E-state index contributed by atoms with van der Waals surface area (Å²) in [5.74, 6) is -0.990. The fourth-order valence-electron chi connectivity index (χ4n) is 2.46. The van der Waals surface area contributed by atoms with E-state index in [1.807, 2.05) is 0 Å². The SMILES string of the molecule is COC(=O)C1=C(Nc2ccccc2C(C)O)C(=O)N(CCO)C1. The molecule has 0 radical (unpaired) electrons. The van der Waals surface area contributed by atoms with Gasteiger partial charge in [-0.1, -0.05) is 18.2 Å². The van der Waals surface area contributed by atoms with Crippen LogP contribution in [0.1, 0.15) is 18.6 Å². The van der Waals surface area contributed by atoms with Gasteiger partial charge in [0, 0.05) is 17.8 Å². The summed E-state index contributed by atoms with van der Waals surface area (Å²) in [7, 11) is 1.25. The minimum atomic E-state index is -0.731. The number of rotatable bonds is 6. The van der Waals surface area contributed by atoms with E-state index in [2.05, 4.69) is 5.32 Å². The smallest absolute Gasteiger partial charge is 0.337 e. The molecule has 1 aromatic carbocycles. The van der Waals surface area contributed by atoms with Crippen LogP contribution in [0.5, 0.6) is 0 Å². The molecule has 3 N–H and O–H groups in total. The third kappa shape index (κ3) is 3.52. The van der Waals surface area contributed by atoms with E-state index in [1.165, 1.54) is 12.0 Å². The lowest BCUT2D eigenvalue weighted by Gasteiger charge is -2.16. The summed E-state index contributed by atoms with van der Waals surface area (Å²) in [5, 5.41) is 21.8. The Morgan fingerprint density at radius 2 is 2.13 bits per heavy atom. The van der Waals surface area contributed by atoms with Gasteiger partial charge in [0.05, 0.1) is 31.9 Å². The number of esters is 1. The number of aliphatic hydroxyl groups is 2. The first-order chi connectivity index (χ1) is 11.0. The zero-order valence-corrected chi connectivity index (χ0v) is 13.1. The molecule has 1 heterocycles. The number of carbonyl (C=O) groups is 2. The van der Waals surface area contributed by atoms with E-state index in [1.54, 1.807) is 31.2 Å². The summed E-state index contributed by atoms with van der Waals surface area (Å²) in [4.78, 5) is 25.7. The van der Waals surface area contributed by atoms with E-state index in [0.717, 1.165) is 0 Å². The first kappa shape index (κ1) is 17.0. The maximum atomic E-state index is 12.4. The molecule has 0 saturated heterocycles. The molecule has 1 aliphatic heterocycles. The topological polar surface area (TPSA) is 99.1 Å². The van der Waals surface area contributed by atoms with Crippen molar-refractivity contribution in [2.24, 2.45) is 0 Å². The Hall–Kier alpha value is -2.38. The normalized spacial score (nSPS) is 15.8. The lowest BCUT2D eigenvalue weighted by Crippen LogP contribution is -2.31. The highest BCUT2D eigenvalue weighted by atomic mass is 16.5. The van der Waals surface area contributed by atoms with Crippen LogP contribution in [-0.2, 0) is 14.3 Å². The second kappa shape index (κ2) is 7.26. The molecule has 23 heavy (non-hydrogen) atoms. The molecule has 2 rings (SSSR count). The Labute approximate surface area is 134 Å². The highest BCUT2D eigenvalue weighted by molar-refractivity contribution is 6.08. The lowest BCUT2D eigenvalue weighted by atomic mass is 10.1. The minimum Gasteiger partial charge on any atom is -0.466 e. The molecule has 1 atom stereocenters. The van der Waals surface area contributed by atoms with E-state index in [0.29, 0.717) is 11.3 Å². The number of methoxy groups -OCH3 is 1. The summed E-state index contributed by atoms with van der Waals surface area (Å²) in [6, 6.07) is 6.98.